The predicted octanol–water partition coefficient (Wildman–Crippen LogP) is 3.61. The lowest BCUT2D eigenvalue weighted by molar-refractivity contribution is -0.177. The SMILES string of the molecule is O=C1[C@H]2OC3(CCCN1Cc1ccccc1)C1Cc4ccc(O)c5c4C3(CCN1CC1CC1)C2COCO5. The highest BCUT2D eigenvalue weighted by Crippen LogP contribution is 2.67. The van der Waals surface area contributed by atoms with Crippen molar-refractivity contribution in [1.29, 1.82) is 0 Å². The Morgan fingerprint density at radius 3 is 2.76 bits per heavy atom. The van der Waals surface area contributed by atoms with Crippen molar-refractivity contribution in [2.45, 2.75) is 68.2 Å². The average molecular weight is 517 g/mol. The molecule has 0 radical (unpaired) electrons. The molecule has 4 aliphatic heterocycles. The third-order valence-corrected chi connectivity index (χ3v) is 10.5. The first-order chi connectivity index (χ1) is 18.6. The van der Waals surface area contributed by atoms with E-state index in [2.05, 4.69) is 23.1 Å². The molecule has 2 aliphatic carbocycles. The molecular weight excluding hydrogens is 480 g/mol. The lowest BCUT2D eigenvalue weighted by Crippen LogP contribution is -2.71. The number of phenols is 1. The number of ether oxygens (including phenoxy) is 3. The number of carbonyl (C=O) groups is 1. The van der Waals surface area contributed by atoms with Crippen molar-refractivity contribution in [3.63, 3.8) is 0 Å². The van der Waals surface area contributed by atoms with Crippen LogP contribution in [0.5, 0.6) is 11.5 Å². The van der Waals surface area contributed by atoms with Crippen LogP contribution in [0.2, 0.25) is 0 Å². The molecule has 4 unspecified atom stereocenters. The van der Waals surface area contributed by atoms with Gasteiger partial charge in [-0.1, -0.05) is 36.4 Å². The van der Waals surface area contributed by atoms with Crippen molar-refractivity contribution < 1.29 is 24.1 Å². The van der Waals surface area contributed by atoms with Gasteiger partial charge in [-0.3, -0.25) is 9.69 Å². The monoisotopic (exact) mass is 516 g/mol. The lowest BCUT2D eigenvalue weighted by Gasteiger charge is -2.62. The van der Waals surface area contributed by atoms with E-state index in [4.69, 9.17) is 14.2 Å². The third-order valence-electron chi connectivity index (χ3n) is 10.5. The molecule has 200 valence electrons. The Morgan fingerprint density at radius 2 is 1.92 bits per heavy atom. The summed E-state index contributed by atoms with van der Waals surface area (Å²) in [6.07, 6.45) is 5.59. The van der Waals surface area contributed by atoms with Crippen molar-refractivity contribution >= 4 is 5.91 Å². The number of aromatic hydroxyl groups is 1. The molecule has 1 saturated carbocycles. The Hall–Kier alpha value is -2.61. The molecule has 7 heteroatoms. The second-order valence-corrected chi connectivity index (χ2v) is 12.3. The minimum Gasteiger partial charge on any atom is -0.504 e. The van der Waals surface area contributed by atoms with Gasteiger partial charge in [0.05, 0.1) is 12.2 Å². The van der Waals surface area contributed by atoms with Crippen molar-refractivity contribution in [1.82, 2.24) is 9.80 Å². The molecule has 4 heterocycles. The number of piperidine rings is 1. The van der Waals surface area contributed by atoms with Crippen LogP contribution in [0.25, 0.3) is 0 Å². The van der Waals surface area contributed by atoms with Crippen LogP contribution >= 0.6 is 0 Å². The van der Waals surface area contributed by atoms with Crippen LogP contribution in [0.3, 0.4) is 0 Å². The molecular formula is C31H36N2O5. The van der Waals surface area contributed by atoms with Crippen LogP contribution in [0.4, 0.5) is 0 Å². The maximum Gasteiger partial charge on any atom is 0.252 e. The summed E-state index contributed by atoms with van der Waals surface area (Å²) < 4.78 is 19.5. The predicted molar refractivity (Wildman–Crippen MR) is 140 cm³/mol. The van der Waals surface area contributed by atoms with Gasteiger partial charge in [-0.05, 0) is 68.2 Å². The molecule has 4 bridgehead atoms. The summed E-state index contributed by atoms with van der Waals surface area (Å²) in [5.74, 6) is 1.44. The minimum absolute atomic E-state index is 0.0649. The second-order valence-electron chi connectivity index (χ2n) is 12.3. The zero-order chi connectivity index (χ0) is 25.5. The van der Waals surface area contributed by atoms with Gasteiger partial charge >= 0.3 is 0 Å². The van der Waals surface area contributed by atoms with E-state index in [1.165, 1.54) is 18.4 Å². The summed E-state index contributed by atoms with van der Waals surface area (Å²) in [5.41, 5.74) is 2.55. The largest absolute Gasteiger partial charge is 0.504 e. The van der Waals surface area contributed by atoms with Gasteiger partial charge in [0, 0.05) is 42.6 Å². The minimum atomic E-state index is -0.568. The number of likely N-dealkylation sites (tertiary alicyclic amines) is 1. The number of fused-ring (bicyclic) bond motifs is 2. The van der Waals surface area contributed by atoms with E-state index in [1.54, 1.807) is 6.07 Å². The third kappa shape index (κ3) is 3.15. The highest BCUT2D eigenvalue weighted by molar-refractivity contribution is 5.83. The molecule has 2 aromatic rings. The van der Waals surface area contributed by atoms with E-state index >= 15 is 0 Å². The zero-order valence-corrected chi connectivity index (χ0v) is 21.8. The van der Waals surface area contributed by atoms with Gasteiger partial charge < -0.3 is 24.2 Å². The van der Waals surface area contributed by atoms with Gasteiger partial charge in [0.25, 0.3) is 5.91 Å². The summed E-state index contributed by atoms with van der Waals surface area (Å²) in [5, 5.41) is 11.0. The molecule has 1 amide bonds. The number of carbonyl (C=O) groups excluding carboxylic acids is 1. The molecule has 38 heavy (non-hydrogen) atoms. The molecule has 2 spiro atoms. The number of hydrogen-bond donors (Lipinski definition) is 1. The maximum atomic E-state index is 14.4. The standard InChI is InChI=1S/C31H36N2O5/c34-24-10-9-22-15-25-31-11-4-13-33(17-20-5-2-1-3-6-20)29(35)27(38-31)23-18-36-19-37-28(24)26(22)30(23,31)12-14-32(25)16-21-7-8-21/h1-3,5-6,9-10,21,23,25,27,34H,4,7-8,11-19H2/t23?,25?,27-,30?,31?/m0/s1. The smallest absolute Gasteiger partial charge is 0.252 e. The summed E-state index contributed by atoms with van der Waals surface area (Å²) in [6.45, 7) is 3.89. The zero-order valence-electron chi connectivity index (χ0n) is 21.8. The van der Waals surface area contributed by atoms with E-state index in [1.807, 2.05) is 23.1 Å². The summed E-state index contributed by atoms with van der Waals surface area (Å²) in [4.78, 5) is 19.1. The first-order valence-corrected chi connectivity index (χ1v) is 14.4. The van der Waals surface area contributed by atoms with Crippen LogP contribution in [0, 0.1) is 11.8 Å². The highest BCUT2D eigenvalue weighted by Gasteiger charge is 2.75. The van der Waals surface area contributed by atoms with Gasteiger partial charge in [-0.2, -0.15) is 0 Å². The quantitative estimate of drug-likeness (QED) is 0.670. The van der Waals surface area contributed by atoms with Crippen molar-refractivity contribution in [3.05, 3.63) is 59.2 Å². The Morgan fingerprint density at radius 1 is 1.05 bits per heavy atom. The van der Waals surface area contributed by atoms with Crippen molar-refractivity contribution in [2.24, 2.45) is 11.8 Å². The fourth-order valence-corrected chi connectivity index (χ4v) is 8.78. The fourth-order valence-electron chi connectivity index (χ4n) is 8.78. The van der Waals surface area contributed by atoms with Crippen LogP contribution in [0.15, 0.2) is 42.5 Å². The molecule has 4 fully saturated rings. The average Bonchev–Trinajstić information content (AvgIpc) is 3.67. The summed E-state index contributed by atoms with van der Waals surface area (Å²) in [7, 11) is 0. The van der Waals surface area contributed by atoms with Crippen LogP contribution in [0.1, 0.15) is 48.8 Å². The van der Waals surface area contributed by atoms with Gasteiger partial charge in [0.15, 0.2) is 18.3 Å². The van der Waals surface area contributed by atoms with E-state index < -0.39 is 17.1 Å². The topological polar surface area (TPSA) is 71.5 Å². The Kier molecular flexibility index (Phi) is 5.17. The number of nitrogens with zero attached hydrogens (tertiary/aromatic N) is 2. The first-order valence-electron chi connectivity index (χ1n) is 14.4. The molecule has 7 nitrogen and oxygen atoms in total. The Balaban J connectivity index is 1.28. The van der Waals surface area contributed by atoms with E-state index in [0.29, 0.717) is 18.9 Å². The number of amides is 1. The van der Waals surface area contributed by atoms with E-state index in [0.717, 1.165) is 62.4 Å². The van der Waals surface area contributed by atoms with Crippen LogP contribution in [-0.2, 0) is 32.6 Å². The number of rotatable bonds is 4. The highest BCUT2D eigenvalue weighted by atomic mass is 16.7. The van der Waals surface area contributed by atoms with Gasteiger partial charge in [0.2, 0.25) is 0 Å². The Bertz CT molecular complexity index is 1260. The van der Waals surface area contributed by atoms with Crippen molar-refractivity contribution in [2.75, 3.05) is 33.0 Å². The first kappa shape index (κ1) is 23.3. The normalized spacial score (nSPS) is 35.9. The van der Waals surface area contributed by atoms with Gasteiger partial charge in [-0.15, -0.1) is 0 Å². The molecule has 6 aliphatic rings. The lowest BCUT2D eigenvalue weighted by atomic mass is 9.49. The van der Waals surface area contributed by atoms with E-state index in [9.17, 15) is 9.90 Å². The van der Waals surface area contributed by atoms with Gasteiger partial charge in [0.1, 0.15) is 6.10 Å². The van der Waals surface area contributed by atoms with Gasteiger partial charge in [-0.25, -0.2) is 0 Å². The molecule has 5 atom stereocenters. The second kappa shape index (κ2) is 8.44. The van der Waals surface area contributed by atoms with Crippen molar-refractivity contribution in [3.8, 4) is 11.5 Å². The van der Waals surface area contributed by atoms with Crippen LogP contribution < -0.4 is 4.74 Å². The number of hydrogen-bond acceptors (Lipinski definition) is 6. The summed E-state index contributed by atoms with van der Waals surface area (Å²) in [6, 6.07) is 14.3. The number of benzene rings is 2. The number of phenolic OH excluding ortho intramolecular Hbond substituents is 1. The molecule has 2 aromatic carbocycles. The molecule has 0 aromatic heterocycles. The van der Waals surface area contributed by atoms with Crippen LogP contribution in [-0.4, -0.2) is 71.6 Å². The summed E-state index contributed by atoms with van der Waals surface area (Å²) >= 11 is 0. The maximum absolute atomic E-state index is 14.4. The Labute approximate surface area is 223 Å². The molecule has 3 saturated heterocycles. The molecule has 1 N–H and O–H groups in total. The molecule has 8 rings (SSSR count). The fraction of sp³-hybridized carbons (Fsp3) is 0.581. The van der Waals surface area contributed by atoms with E-state index in [-0.39, 0.29) is 30.4 Å².